The van der Waals surface area contributed by atoms with E-state index in [2.05, 4.69) is 10.9 Å². The quantitative estimate of drug-likeness (QED) is 0.639. The highest BCUT2D eigenvalue weighted by Crippen LogP contribution is 2.24. The van der Waals surface area contributed by atoms with Gasteiger partial charge in [0.1, 0.15) is 0 Å². The maximum Gasteiger partial charge on any atom is 0.158 e. The second-order valence-corrected chi connectivity index (χ2v) is 3.69. The lowest BCUT2D eigenvalue weighted by Crippen LogP contribution is -2.15. The average Bonchev–Trinajstić information content (AvgIpc) is 2.36. The fourth-order valence-corrected chi connectivity index (χ4v) is 1.44. The van der Waals surface area contributed by atoms with Crippen molar-refractivity contribution in [1.82, 2.24) is 4.98 Å². The average molecular weight is 167 g/mol. The Morgan fingerprint density at radius 2 is 2.45 bits per heavy atom. The molecule has 3 heteroatoms. The summed E-state index contributed by atoms with van der Waals surface area (Å²) in [6, 6.07) is 0. The van der Waals surface area contributed by atoms with Gasteiger partial charge in [0.15, 0.2) is 5.60 Å². The standard InChI is InChI=1S/C8H9NOS/c1-4-8(3,10)7-5-9-6(2)11-7/h1,5,10H,2-3H3/t8-/m1/s1. The Bertz CT molecular complexity index is 295. The molecule has 0 bridgehead atoms. The summed E-state index contributed by atoms with van der Waals surface area (Å²) >= 11 is 1.42. The van der Waals surface area contributed by atoms with E-state index < -0.39 is 5.60 Å². The zero-order valence-electron chi connectivity index (χ0n) is 6.46. The summed E-state index contributed by atoms with van der Waals surface area (Å²) in [5.74, 6) is 2.30. The van der Waals surface area contributed by atoms with Gasteiger partial charge in [-0.05, 0) is 13.8 Å². The van der Waals surface area contributed by atoms with Crippen molar-refractivity contribution in [1.29, 1.82) is 0 Å². The molecule has 0 unspecified atom stereocenters. The highest BCUT2D eigenvalue weighted by molar-refractivity contribution is 7.11. The van der Waals surface area contributed by atoms with Gasteiger partial charge in [0.05, 0.1) is 9.88 Å². The molecule has 11 heavy (non-hydrogen) atoms. The third kappa shape index (κ3) is 1.59. The van der Waals surface area contributed by atoms with Crippen LogP contribution < -0.4 is 0 Å². The SMILES string of the molecule is C#C[C@@](C)(O)c1cnc(C)s1. The van der Waals surface area contributed by atoms with Crippen LogP contribution in [0.3, 0.4) is 0 Å². The molecule has 0 fully saturated rings. The van der Waals surface area contributed by atoms with E-state index in [-0.39, 0.29) is 0 Å². The predicted molar refractivity (Wildman–Crippen MR) is 45.3 cm³/mol. The van der Waals surface area contributed by atoms with Gasteiger partial charge >= 0.3 is 0 Å². The van der Waals surface area contributed by atoms with E-state index in [9.17, 15) is 5.11 Å². The first-order valence-corrected chi connectivity index (χ1v) is 4.01. The van der Waals surface area contributed by atoms with Crippen LogP contribution in [0, 0.1) is 19.3 Å². The molecule has 0 aliphatic rings. The highest BCUT2D eigenvalue weighted by Gasteiger charge is 2.21. The summed E-state index contributed by atoms with van der Waals surface area (Å²) in [5.41, 5.74) is -1.16. The predicted octanol–water partition coefficient (Wildman–Crippen LogP) is 1.29. The largest absolute Gasteiger partial charge is 0.373 e. The van der Waals surface area contributed by atoms with Crippen LogP contribution in [0.25, 0.3) is 0 Å². The van der Waals surface area contributed by atoms with Crippen LogP contribution >= 0.6 is 11.3 Å². The van der Waals surface area contributed by atoms with Gasteiger partial charge in [-0.1, -0.05) is 5.92 Å². The zero-order valence-corrected chi connectivity index (χ0v) is 7.27. The summed E-state index contributed by atoms with van der Waals surface area (Å²) in [5, 5.41) is 10.5. The summed E-state index contributed by atoms with van der Waals surface area (Å²) in [6.07, 6.45) is 6.74. The van der Waals surface area contributed by atoms with Crippen molar-refractivity contribution in [3.63, 3.8) is 0 Å². The number of thiazole rings is 1. The second kappa shape index (κ2) is 2.65. The van der Waals surface area contributed by atoms with Gasteiger partial charge in [0, 0.05) is 6.20 Å². The van der Waals surface area contributed by atoms with Gasteiger partial charge in [-0.25, -0.2) is 4.98 Å². The van der Waals surface area contributed by atoms with Gasteiger partial charge < -0.3 is 5.11 Å². The molecule has 0 spiro atoms. The lowest BCUT2D eigenvalue weighted by atomic mass is 10.1. The molecule has 0 amide bonds. The molecule has 0 aromatic carbocycles. The summed E-state index contributed by atoms with van der Waals surface area (Å²) in [6.45, 7) is 3.46. The molecule has 0 radical (unpaired) electrons. The number of aryl methyl sites for hydroxylation is 1. The van der Waals surface area contributed by atoms with Crippen LogP contribution in [0.15, 0.2) is 6.20 Å². The summed E-state index contributed by atoms with van der Waals surface area (Å²) in [7, 11) is 0. The fraction of sp³-hybridized carbons (Fsp3) is 0.375. The van der Waals surface area contributed by atoms with Crippen LogP contribution in [-0.4, -0.2) is 10.1 Å². The Kier molecular flexibility index (Phi) is 1.99. The van der Waals surface area contributed by atoms with Crippen molar-refractivity contribution in [3.05, 3.63) is 16.1 Å². The fourth-order valence-electron chi connectivity index (χ4n) is 0.658. The molecule has 0 saturated carbocycles. The minimum absolute atomic E-state index is 0.720. The smallest absolute Gasteiger partial charge is 0.158 e. The van der Waals surface area contributed by atoms with E-state index in [4.69, 9.17) is 6.42 Å². The Balaban J connectivity index is 3.04. The van der Waals surface area contributed by atoms with Crippen LogP contribution in [0.5, 0.6) is 0 Å². The Labute approximate surface area is 69.9 Å². The lowest BCUT2D eigenvalue weighted by Gasteiger charge is -2.11. The highest BCUT2D eigenvalue weighted by atomic mass is 32.1. The maximum atomic E-state index is 9.54. The number of hydrogen-bond acceptors (Lipinski definition) is 3. The van der Waals surface area contributed by atoms with E-state index in [0.29, 0.717) is 0 Å². The Morgan fingerprint density at radius 3 is 2.82 bits per heavy atom. The molecule has 1 heterocycles. The van der Waals surface area contributed by atoms with Gasteiger partial charge in [-0.15, -0.1) is 17.8 Å². The van der Waals surface area contributed by atoms with Crippen molar-refractivity contribution in [2.75, 3.05) is 0 Å². The van der Waals surface area contributed by atoms with E-state index in [1.807, 2.05) is 6.92 Å². The maximum absolute atomic E-state index is 9.54. The number of terminal acetylenes is 1. The van der Waals surface area contributed by atoms with Crippen LogP contribution in [0.2, 0.25) is 0 Å². The molecule has 0 saturated heterocycles. The number of aliphatic hydroxyl groups is 1. The Morgan fingerprint density at radius 1 is 1.82 bits per heavy atom. The number of hydrogen-bond donors (Lipinski definition) is 1. The molecule has 1 atom stereocenters. The lowest BCUT2D eigenvalue weighted by molar-refractivity contribution is 0.126. The third-order valence-electron chi connectivity index (χ3n) is 1.38. The van der Waals surface area contributed by atoms with E-state index in [1.54, 1.807) is 13.1 Å². The van der Waals surface area contributed by atoms with Gasteiger partial charge in [-0.3, -0.25) is 0 Å². The number of rotatable bonds is 1. The molecular weight excluding hydrogens is 158 g/mol. The summed E-state index contributed by atoms with van der Waals surface area (Å²) in [4.78, 5) is 4.71. The molecule has 58 valence electrons. The molecule has 0 aliphatic heterocycles. The van der Waals surface area contributed by atoms with Gasteiger partial charge in [-0.2, -0.15) is 0 Å². The molecule has 2 nitrogen and oxygen atoms in total. The molecule has 1 rings (SSSR count). The first-order valence-electron chi connectivity index (χ1n) is 3.19. The molecule has 1 aromatic rings. The Hall–Kier alpha value is -0.850. The normalized spacial score (nSPS) is 15.5. The van der Waals surface area contributed by atoms with E-state index >= 15 is 0 Å². The summed E-state index contributed by atoms with van der Waals surface area (Å²) < 4.78 is 0. The number of nitrogens with zero attached hydrogens (tertiary/aromatic N) is 1. The third-order valence-corrected chi connectivity index (χ3v) is 2.51. The first-order chi connectivity index (χ1) is 5.06. The molecular formula is C8H9NOS. The van der Waals surface area contributed by atoms with Crippen LogP contribution in [-0.2, 0) is 5.60 Å². The second-order valence-electron chi connectivity index (χ2n) is 2.46. The zero-order chi connectivity index (χ0) is 8.48. The van der Waals surface area contributed by atoms with Crippen molar-refractivity contribution >= 4 is 11.3 Å². The van der Waals surface area contributed by atoms with Crippen LogP contribution in [0.4, 0.5) is 0 Å². The van der Waals surface area contributed by atoms with Crippen LogP contribution in [0.1, 0.15) is 16.8 Å². The van der Waals surface area contributed by atoms with E-state index in [0.717, 1.165) is 9.88 Å². The first kappa shape index (κ1) is 8.25. The minimum atomic E-state index is -1.16. The minimum Gasteiger partial charge on any atom is -0.373 e. The van der Waals surface area contributed by atoms with Crippen molar-refractivity contribution in [2.24, 2.45) is 0 Å². The van der Waals surface area contributed by atoms with Crippen molar-refractivity contribution in [3.8, 4) is 12.3 Å². The van der Waals surface area contributed by atoms with Crippen molar-refractivity contribution < 1.29 is 5.11 Å². The number of aromatic nitrogens is 1. The van der Waals surface area contributed by atoms with Gasteiger partial charge in [0.2, 0.25) is 0 Å². The molecule has 0 aliphatic carbocycles. The molecule has 1 N–H and O–H groups in total. The topological polar surface area (TPSA) is 33.1 Å². The van der Waals surface area contributed by atoms with E-state index in [1.165, 1.54) is 11.3 Å². The monoisotopic (exact) mass is 167 g/mol. The van der Waals surface area contributed by atoms with Crippen molar-refractivity contribution in [2.45, 2.75) is 19.4 Å². The molecule has 1 aromatic heterocycles. The van der Waals surface area contributed by atoms with Gasteiger partial charge in [0.25, 0.3) is 0 Å².